The first-order valence-electron chi connectivity index (χ1n) is 3.93. The number of carboxylic acids is 1. The van der Waals surface area contributed by atoms with Crippen LogP contribution in [-0.4, -0.2) is 26.9 Å². The Morgan fingerprint density at radius 3 is 2.80 bits per heavy atom. The van der Waals surface area contributed by atoms with Gasteiger partial charge in [-0.15, -0.1) is 0 Å². The summed E-state index contributed by atoms with van der Waals surface area (Å²) >= 11 is 8.87. The van der Waals surface area contributed by atoms with Crippen molar-refractivity contribution < 1.29 is 9.90 Å². The van der Waals surface area contributed by atoms with Gasteiger partial charge in [-0.25, -0.2) is 9.79 Å². The molecule has 4 nitrogen and oxygen atoms in total. The molecular weight excluding hydrogens is 232 g/mol. The van der Waals surface area contributed by atoms with Gasteiger partial charge in [-0.05, 0) is 36.6 Å². The lowest BCUT2D eigenvalue weighted by Crippen LogP contribution is -2.35. The molecule has 1 aliphatic carbocycles. The number of thiocarbonyl (C=S) groups is 2. The molecule has 0 aromatic rings. The van der Waals surface area contributed by atoms with Gasteiger partial charge >= 0.3 is 5.97 Å². The third kappa shape index (κ3) is 2.52. The van der Waals surface area contributed by atoms with Gasteiger partial charge in [-0.2, -0.15) is 4.99 Å². The molecule has 0 fully saturated rings. The molecular formula is C9H6N2O2S2. The van der Waals surface area contributed by atoms with E-state index in [0.29, 0.717) is 5.70 Å². The minimum Gasteiger partial charge on any atom is -0.479 e. The predicted molar refractivity (Wildman–Crippen MR) is 62.3 cm³/mol. The Morgan fingerprint density at radius 1 is 1.53 bits per heavy atom. The molecule has 76 valence electrons. The largest absolute Gasteiger partial charge is 0.479 e. The van der Waals surface area contributed by atoms with Crippen molar-refractivity contribution in [1.82, 2.24) is 0 Å². The normalized spacial score (nSPS) is 23.3. The SMILES string of the molecule is O=C(O)C1(N=C=S)C=CC=C(N=C=S)C1. The Morgan fingerprint density at radius 2 is 2.27 bits per heavy atom. The molecule has 1 N–H and O–H groups in total. The van der Waals surface area contributed by atoms with E-state index in [1.807, 2.05) is 0 Å². The van der Waals surface area contributed by atoms with Crippen molar-refractivity contribution in [1.29, 1.82) is 0 Å². The molecule has 1 rings (SSSR count). The number of nitrogens with zero attached hydrogens (tertiary/aromatic N) is 2. The smallest absolute Gasteiger partial charge is 0.336 e. The lowest BCUT2D eigenvalue weighted by Gasteiger charge is -2.21. The van der Waals surface area contributed by atoms with Crippen LogP contribution in [0.15, 0.2) is 33.9 Å². The van der Waals surface area contributed by atoms with E-state index >= 15 is 0 Å². The standard InChI is InChI=1S/C9H6N2O2S2/c12-8(13)9(11-6-15)3-1-2-7(4-9)10-5-14/h1-3H,4H2,(H,12,13). The summed E-state index contributed by atoms with van der Waals surface area (Å²) in [4.78, 5) is 18.5. The lowest BCUT2D eigenvalue weighted by atomic mass is 9.90. The Bertz CT molecular complexity index is 439. The number of rotatable bonds is 3. The number of aliphatic carboxylic acids is 1. The molecule has 0 saturated heterocycles. The van der Waals surface area contributed by atoms with Crippen molar-refractivity contribution in [3.05, 3.63) is 23.9 Å². The molecule has 0 aromatic carbocycles. The zero-order chi connectivity index (χ0) is 11.3. The van der Waals surface area contributed by atoms with Gasteiger partial charge in [0.1, 0.15) is 0 Å². The van der Waals surface area contributed by atoms with Crippen LogP contribution in [-0.2, 0) is 4.79 Å². The Balaban J connectivity index is 3.12. The quantitative estimate of drug-likeness (QED) is 0.602. The summed E-state index contributed by atoms with van der Waals surface area (Å²) in [5.74, 6) is -1.10. The van der Waals surface area contributed by atoms with Crippen molar-refractivity contribution >= 4 is 40.7 Å². The van der Waals surface area contributed by atoms with Gasteiger partial charge in [0.15, 0.2) is 5.54 Å². The summed E-state index contributed by atoms with van der Waals surface area (Å²) < 4.78 is 0. The van der Waals surface area contributed by atoms with E-state index in [-0.39, 0.29) is 6.42 Å². The van der Waals surface area contributed by atoms with Gasteiger partial charge in [0.05, 0.1) is 16.0 Å². The maximum atomic E-state index is 11.1. The molecule has 15 heavy (non-hydrogen) atoms. The second-order valence-corrected chi connectivity index (χ2v) is 3.19. The predicted octanol–water partition coefficient (Wildman–Crippen LogP) is 1.86. The third-order valence-electron chi connectivity index (χ3n) is 1.92. The maximum Gasteiger partial charge on any atom is 0.336 e. The maximum absolute atomic E-state index is 11.1. The Kier molecular flexibility index (Phi) is 3.77. The third-order valence-corrected chi connectivity index (χ3v) is 2.10. The first-order chi connectivity index (χ1) is 7.14. The summed E-state index contributed by atoms with van der Waals surface area (Å²) in [6.07, 6.45) is 4.75. The van der Waals surface area contributed by atoms with Crippen molar-refractivity contribution in [3.8, 4) is 0 Å². The van der Waals surface area contributed by atoms with Gasteiger partial charge in [0.25, 0.3) is 0 Å². The average Bonchev–Trinajstić information content (AvgIpc) is 2.19. The van der Waals surface area contributed by atoms with Gasteiger partial charge in [-0.1, -0.05) is 6.08 Å². The van der Waals surface area contributed by atoms with Gasteiger partial charge in [0, 0.05) is 6.42 Å². The number of carboxylic acid groups (broad SMARTS) is 1. The monoisotopic (exact) mass is 238 g/mol. The highest BCUT2D eigenvalue weighted by molar-refractivity contribution is 7.78. The van der Waals surface area contributed by atoms with Crippen LogP contribution in [0.2, 0.25) is 0 Å². The number of aliphatic imine (C=N–C) groups is 2. The minimum absolute atomic E-state index is 0.103. The summed E-state index contributed by atoms with van der Waals surface area (Å²) in [6.45, 7) is 0. The molecule has 6 heteroatoms. The van der Waals surface area contributed by atoms with Crippen molar-refractivity contribution in [2.24, 2.45) is 9.98 Å². The van der Waals surface area contributed by atoms with Crippen LogP contribution < -0.4 is 0 Å². The van der Waals surface area contributed by atoms with Crippen LogP contribution in [0.3, 0.4) is 0 Å². The fourth-order valence-electron chi connectivity index (χ4n) is 1.20. The van der Waals surface area contributed by atoms with Crippen LogP contribution in [0.5, 0.6) is 0 Å². The van der Waals surface area contributed by atoms with E-state index in [9.17, 15) is 4.79 Å². The highest BCUT2D eigenvalue weighted by atomic mass is 32.1. The van der Waals surface area contributed by atoms with Gasteiger partial charge in [0.2, 0.25) is 0 Å². The molecule has 0 aromatic heterocycles. The fraction of sp³-hybridized carbons (Fsp3) is 0.222. The molecule has 1 unspecified atom stereocenters. The topological polar surface area (TPSA) is 62.0 Å². The van der Waals surface area contributed by atoms with E-state index < -0.39 is 11.5 Å². The highest BCUT2D eigenvalue weighted by Gasteiger charge is 2.37. The van der Waals surface area contributed by atoms with Crippen molar-refractivity contribution in [2.75, 3.05) is 0 Å². The molecule has 0 radical (unpaired) electrons. The zero-order valence-corrected chi connectivity index (χ0v) is 9.14. The summed E-state index contributed by atoms with van der Waals surface area (Å²) in [7, 11) is 0. The zero-order valence-electron chi connectivity index (χ0n) is 7.51. The van der Waals surface area contributed by atoms with E-state index in [1.54, 1.807) is 12.2 Å². The molecule has 0 heterocycles. The minimum atomic E-state index is -1.40. The van der Waals surface area contributed by atoms with E-state index in [4.69, 9.17) is 5.11 Å². The molecule has 0 saturated carbocycles. The van der Waals surface area contributed by atoms with Crippen molar-refractivity contribution in [2.45, 2.75) is 12.0 Å². The molecule has 0 aliphatic heterocycles. The number of hydrogen-bond acceptors (Lipinski definition) is 5. The summed E-state index contributed by atoms with van der Waals surface area (Å²) in [5.41, 5.74) is -0.898. The van der Waals surface area contributed by atoms with Crippen LogP contribution in [0.25, 0.3) is 0 Å². The van der Waals surface area contributed by atoms with E-state index in [0.717, 1.165) is 0 Å². The molecule has 1 atom stereocenters. The highest BCUT2D eigenvalue weighted by Crippen LogP contribution is 2.27. The first-order valence-corrected chi connectivity index (χ1v) is 4.75. The summed E-state index contributed by atoms with van der Waals surface area (Å²) in [5, 5.41) is 13.3. The van der Waals surface area contributed by atoms with Crippen LogP contribution >= 0.6 is 24.4 Å². The van der Waals surface area contributed by atoms with Crippen LogP contribution in [0, 0.1) is 0 Å². The average molecular weight is 238 g/mol. The molecule has 0 amide bonds. The first kappa shape index (κ1) is 11.6. The Hall–Kier alpha value is -1.45. The van der Waals surface area contributed by atoms with Gasteiger partial charge < -0.3 is 5.11 Å². The van der Waals surface area contributed by atoms with Crippen LogP contribution in [0.4, 0.5) is 0 Å². The molecule has 1 aliphatic rings. The molecule has 0 spiro atoms. The fourth-order valence-corrected chi connectivity index (χ4v) is 1.48. The second-order valence-electron chi connectivity index (χ2n) is 2.83. The van der Waals surface area contributed by atoms with E-state index in [2.05, 4.69) is 44.7 Å². The number of hydrogen-bond donors (Lipinski definition) is 1. The molecule has 0 bridgehead atoms. The number of carbonyl (C=O) groups is 1. The van der Waals surface area contributed by atoms with Crippen molar-refractivity contribution in [3.63, 3.8) is 0 Å². The summed E-state index contributed by atoms with van der Waals surface area (Å²) in [6, 6.07) is 0. The van der Waals surface area contributed by atoms with E-state index in [1.165, 1.54) is 6.08 Å². The van der Waals surface area contributed by atoms with Crippen LogP contribution in [0.1, 0.15) is 6.42 Å². The Labute approximate surface area is 96.7 Å². The second kappa shape index (κ2) is 4.87. The van der Waals surface area contributed by atoms with Gasteiger partial charge in [-0.3, -0.25) is 0 Å². The number of allylic oxidation sites excluding steroid dienone is 2. The lowest BCUT2D eigenvalue weighted by molar-refractivity contribution is -0.141. The number of isothiocyanates is 2.